The number of nitrogens with zero attached hydrogens (tertiary/aromatic N) is 4. The number of amides is 2. The molecule has 0 aliphatic rings. The van der Waals surface area contributed by atoms with Crippen molar-refractivity contribution in [3.8, 4) is 5.88 Å². The lowest BCUT2D eigenvalue weighted by Crippen LogP contribution is -2.21. The molecule has 3 aromatic rings. The fourth-order valence-corrected chi connectivity index (χ4v) is 2.74. The van der Waals surface area contributed by atoms with Crippen molar-refractivity contribution in [2.24, 2.45) is 10.2 Å². The van der Waals surface area contributed by atoms with E-state index in [1.807, 2.05) is 0 Å². The minimum absolute atomic E-state index is 0.0225. The first-order valence-electron chi connectivity index (χ1n) is 8.35. The van der Waals surface area contributed by atoms with Crippen LogP contribution < -0.4 is 5.32 Å². The van der Waals surface area contributed by atoms with Crippen molar-refractivity contribution >= 4 is 39.8 Å². The van der Waals surface area contributed by atoms with Gasteiger partial charge in [-0.1, -0.05) is 36.4 Å². The van der Waals surface area contributed by atoms with Gasteiger partial charge in [0.05, 0.1) is 10.4 Å². The molecule has 0 atom stereocenters. The predicted octanol–water partition coefficient (Wildman–Crippen LogP) is 3.69. The van der Waals surface area contributed by atoms with Gasteiger partial charge >= 0.3 is 11.8 Å². The predicted molar refractivity (Wildman–Crippen MR) is 105 cm³/mol. The summed E-state index contributed by atoms with van der Waals surface area (Å²) in [7, 11) is 0. The molecule has 0 unspecified atom stereocenters. The lowest BCUT2D eigenvalue weighted by molar-refractivity contribution is -0.383. The van der Waals surface area contributed by atoms with Crippen LogP contribution in [0.5, 0.6) is 5.88 Å². The van der Waals surface area contributed by atoms with E-state index in [4.69, 9.17) is 0 Å². The molecular formula is C19H15N5O5. The standard InChI is InChI=1S/C19H15N5O5/c1-2-11-23-14-9-5-3-7-12(14)16(19(23)27)21-22-18(26)17(25)20-13-8-4-6-10-15(13)24(28)29/h2-10,27H,1,11H2,(H,20,25). The van der Waals surface area contributed by atoms with E-state index in [1.54, 1.807) is 30.3 Å². The number of hydrogen-bond acceptors (Lipinski definition) is 6. The number of aromatic nitrogens is 1. The van der Waals surface area contributed by atoms with Gasteiger partial charge in [0.2, 0.25) is 5.88 Å². The van der Waals surface area contributed by atoms with Crippen LogP contribution in [0.25, 0.3) is 10.9 Å². The van der Waals surface area contributed by atoms with Crippen LogP contribution in [0.15, 0.2) is 71.4 Å². The lowest BCUT2D eigenvalue weighted by Gasteiger charge is -2.02. The molecule has 1 aromatic heterocycles. The SMILES string of the molecule is C=CCn1c(O)c(N=NC(=O)C(=O)Nc2ccccc2[N+](=O)[O-])c2ccccc21. The molecule has 2 aromatic carbocycles. The van der Waals surface area contributed by atoms with Gasteiger partial charge in [0.25, 0.3) is 5.69 Å². The summed E-state index contributed by atoms with van der Waals surface area (Å²) in [4.78, 5) is 34.4. The molecule has 3 rings (SSSR count). The van der Waals surface area contributed by atoms with Gasteiger partial charge in [0, 0.05) is 18.0 Å². The molecule has 0 radical (unpaired) electrons. The molecule has 2 N–H and O–H groups in total. The Morgan fingerprint density at radius 3 is 2.62 bits per heavy atom. The number of rotatable bonds is 5. The summed E-state index contributed by atoms with van der Waals surface area (Å²) in [5.74, 6) is -2.71. The molecule has 0 bridgehead atoms. The van der Waals surface area contributed by atoms with E-state index >= 15 is 0 Å². The summed E-state index contributed by atoms with van der Waals surface area (Å²) in [5.41, 5.74) is 0.164. The lowest BCUT2D eigenvalue weighted by atomic mass is 10.2. The zero-order valence-corrected chi connectivity index (χ0v) is 15.0. The highest BCUT2D eigenvalue weighted by Crippen LogP contribution is 2.38. The molecular weight excluding hydrogens is 378 g/mol. The molecule has 0 saturated carbocycles. The highest BCUT2D eigenvalue weighted by atomic mass is 16.6. The second kappa shape index (κ2) is 8.13. The Kier molecular flexibility index (Phi) is 5.44. The molecule has 0 aliphatic carbocycles. The van der Waals surface area contributed by atoms with Crippen molar-refractivity contribution in [1.82, 2.24) is 4.57 Å². The Morgan fingerprint density at radius 1 is 1.21 bits per heavy atom. The minimum atomic E-state index is -1.27. The molecule has 10 nitrogen and oxygen atoms in total. The number of carbonyl (C=O) groups is 2. The largest absolute Gasteiger partial charge is 0.493 e. The number of azo groups is 1. The molecule has 29 heavy (non-hydrogen) atoms. The van der Waals surface area contributed by atoms with Crippen molar-refractivity contribution in [3.63, 3.8) is 0 Å². The zero-order valence-electron chi connectivity index (χ0n) is 15.0. The van der Waals surface area contributed by atoms with E-state index in [0.717, 1.165) is 0 Å². The number of benzene rings is 2. The van der Waals surface area contributed by atoms with Gasteiger partial charge in [-0.15, -0.1) is 16.8 Å². The summed E-state index contributed by atoms with van der Waals surface area (Å²) in [6.07, 6.45) is 1.58. The number of allylic oxidation sites excluding steroid dienone is 1. The zero-order chi connectivity index (χ0) is 21.0. The fourth-order valence-electron chi connectivity index (χ4n) is 2.74. The van der Waals surface area contributed by atoms with E-state index in [9.17, 15) is 24.8 Å². The molecule has 0 spiro atoms. The number of fused-ring (bicyclic) bond motifs is 1. The Balaban J connectivity index is 1.86. The molecule has 0 saturated heterocycles. The maximum atomic E-state index is 12.0. The quantitative estimate of drug-likeness (QED) is 0.224. The summed E-state index contributed by atoms with van der Waals surface area (Å²) >= 11 is 0. The second-order valence-corrected chi connectivity index (χ2v) is 5.82. The van der Waals surface area contributed by atoms with Gasteiger partial charge in [-0.25, -0.2) is 0 Å². The van der Waals surface area contributed by atoms with Crippen LogP contribution >= 0.6 is 0 Å². The number of nitrogens with one attached hydrogen (secondary N) is 1. The van der Waals surface area contributed by atoms with Crippen LogP contribution in [0.2, 0.25) is 0 Å². The first-order valence-corrected chi connectivity index (χ1v) is 8.35. The Morgan fingerprint density at radius 2 is 1.90 bits per heavy atom. The molecule has 146 valence electrons. The fraction of sp³-hybridized carbons (Fsp3) is 0.0526. The van der Waals surface area contributed by atoms with Crippen molar-refractivity contribution in [2.45, 2.75) is 6.54 Å². The number of nitro benzene ring substituents is 1. The first-order chi connectivity index (χ1) is 13.9. The Labute approximate surface area is 163 Å². The average molecular weight is 393 g/mol. The molecule has 2 amide bonds. The molecule has 0 fully saturated rings. The van der Waals surface area contributed by atoms with Gasteiger partial charge in [0.15, 0.2) is 5.69 Å². The van der Waals surface area contributed by atoms with Crippen LogP contribution in [-0.2, 0) is 16.1 Å². The van der Waals surface area contributed by atoms with Crippen molar-refractivity contribution in [3.05, 3.63) is 71.3 Å². The number of carbonyl (C=O) groups excluding carboxylic acids is 2. The average Bonchev–Trinajstić information content (AvgIpc) is 2.98. The number of nitro groups is 1. The summed E-state index contributed by atoms with van der Waals surface area (Å²) < 4.78 is 1.52. The maximum Gasteiger partial charge on any atom is 0.353 e. The summed E-state index contributed by atoms with van der Waals surface area (Å²) in [5, 5.41) is 31.2. The van der Waals surface area contributed by atoms with Crippen molar-refractivity contribution < 1.29 is 19.6 Å². The third-order valence-electron chi connectivity index (χ3n) is 4.01. The Bertz CT molecular complexity index is 1170. The van der Waals surface area contributed by atoms with Gasteiger partial charge < -0.3 is 15.0 Å². The minimum Gasteiger partial charge on any atom is -0.493 e. The summed E-state index contributed by atoms with van der Waals surface area (Å²) in [6, 6.07) is 12.3. The van der Waals surface area contributed by atoms with Crippen molar-refractivity contribution in [2.75, 3.05) is 5.32 Å². The normalized spacial score (nSPS) is 10.9. The highest BCUT2D eigenvalue weighted by Gasteiger charge is 2.20. The van der Waals surface area contributed by atoms with E-state index in [2.05, 4.69) is 22.1 Å². The van der Waals surface area contributed by atoms with Crippen LogP contribution in [0.1, 0.15) is 0 Å². The van der Waals surface area contributed by atoms with E-state index in [0.29, 0.717) is 17.4 Å². The number of aromatic hydroxyl groups is 1. The van der Waals surface area contributed by atoms with Crippen LogP contribution in [0.3, 0.4) is 0 Å². The number of anilines is 1. The van der Waals surface area contributed by atoms with Gasteiger partial charge in [-0.05, 0) is 12.1 Å². The third-order valence-corrected chi connectivity index (χ3v) is 4.01. The smallest absolute Gasteiger partial charge is 0.353 e. The number of hydrogen-bond donors (Lipinski definition) is 2. The van der Waals surface area contributed by atoms with Crippen LogP contribution in [0.4, 0.5) is 17.1 Å². The topological polar surface area (TPSA) is 139 Å². The second-order valence-electron chi connectivity index (χ2n) is 5.82. The van der Waals surface area contributed by atoms with Crippen LogP contribution in [0, 0.1) is 10.1 Å². The van der Waals surface area contributed by atoms with Gasteiger partial charge in [-0.2, -0.15) is 0 Å². The van der Waals surface area contributed by atoms with Crippen molar-refractivity contribution in [1.29, 1.82) is 0 Å². The molecule has 1 heterocycles. The monoisotopic (exact) mass is 393 g/mol. The van der Waals surface area contributed by atoms with Gasteiger partial charge in [-0.3, -0.25) is 19.7 Å². The van der Waals surface area contributed by atoms with Crippen LogP contribution in [-0.4, -0.2) is 26.4 Å². The van der Waals surface area contributed by atoms with E-state index in [-0.39, 0.29) is 22.9 Å². The number of para-hydroxylation sites is 3. The van der Waals surface area contributed by atoms with Gasteiger partial charge in [0.1, 0.15) is 5.69 Å². The first kappa shape index (κ1) is 19.4. The maximum absolute atomic E-state index is 12.0. The Hall–Kier alpha value is -4.34. The molecule has 0 aliphatic heterocycles. The highest BCUT2D eigenvalue weighted by molar-refractivity contribution is 6.40. The summed E-state index contributed by atoms with van der Waals surface area (Å²) in [6.45, 7) is 3.93. The molecule has 10 heteroatoms. The van der Waals surface area contributed by atoms with E-state index in [1.165, 1.54) is 28.8 Å². The van der Waals surface area contributed by atoms with E-state index < -0.39 is 16.7 Å². The third kappa shape index (κ3) is 3.86.